The van der Waals surface area contributed by atoms with Crippen LogP contribution < -0.4 is 5.73 Å². The molecule has 2 amide bonds. The first-order valence-electron chi connectivity index (χ1n) is 6.37. The third-order valence-corrected chi connectivity index (χ3v) is 3.51. The van der Waals surface area contributed by atoms with Crippen molar-refractivity contribution >= 4 is 11.8 Å². The number of benzene rings is 1. The van der Waals surface area contributed by atoms with Crippen LogP contribution in [-0.2, 0) is 11.2 Å². The SMILES string of the molecule is NC(=O)c1cccc(C[C@@H]2CCN(C(=O)CO)C2)c1. The molecule has 1 heterocycles. The van der Waals surface area contributed by atoms with E-state index in [0.29, 0.717) is 24.6 Å². The van der Waals surface area contributed by atoms with E-state index in [1.165, 1.54) is 0 Å². The van der Waals surface area contributed by atoms with E-state index in [4.69, 9.17) is 10.8 Å². The van der Waals surface area contributed by atoms with Crippen molar-refractivity contribution in [3.63, 3.8) is 0 Å². The summed E-state index contributed by atoms with van der Waals surface area (Å²) in [5.41, 5.74) is 6.82. The van der Waals surface area contributed by atoms with E-state index >= 15 is 0 Å². The number of nitrogens with zero attached hydrogens (tertiary/aromatic N) is 1. The zero-order chi connectivity index (χ0) is 13.8. The Kier molecular flexibility index (Phi) is 4.16. The molecule has 0 aromatic heterocycles. The highest BCUT2D eigenvalue weighted by atomic mass is 16.3. The van der Waals surface area contributed by atoms with Gasteiger partial charge in [-0.25, -0.2) is 0 Å². The van der Waals surface area contributed by atoms with Gasteiger partial charge in [-0.05, 0) is 36.5 Å². The van der Waals surface area contributed by atoms with E-state index < -0.39 is 12.5 Å². The second-order valence-corrected chi connectivity index (χ2v) is 4.92. The number of rotatable bonds is 4. The summed E-state index contributed by atoms with van der Waals surface area (Å²) >= 11 is 0. The summed E-state index contributed by atoms with van der Waals surface area (Å²) < 4.78 is 0. The zero-order valence-corrected chi connectivity index (χ0v) is 10.7. The number of hydrogen-bond acceptors (Lipinski definition) is 3. The molecule has 1 atom stereocenters. The standard InChI is InChI=1S/C14H18N2O3/c15-14(19)12-3-1-2-10(7-12)6-11-4-5-16(8-11)13(18)9-17/h1-3,7,11,17H,4-6,8-9H2,(H2,15,19)/t11-/m0/s1. The summed E-state index contributed by atoms with van der Waals surface area (Å²) in [5, 5.41) is 8.83. The highest BCUT2D eigenvalue weighted by Crippen LogP contribution is 2.21. The Bertz CT molecular complexity index is 487. The molecular weight excluding hydrogens is 244 g/mol. The number of carbonyl (C=O) groups excluding carboxylic acids is 2. The fourth-order valence-corrected chi connectivity index (χ4v) is 2.51. The van der Waals surface area contributed by atoms with E-state index in [0.717, 1.165) is 18.4 Å². The molecule has 1 aliphatic heterocycles. The summed E-state index contributed by atoms with van der Waals surface area (Å²) in [6.45, 7) is 0.934. The van der Waals surface area contributed by atoms with Gasteiger partial charge in [0.2, 0.25) is 11.8 Å². The Morgan fingerprint density at radius 1 is 1.42 bits per heavy atom. The predicted octanol–water partition coefficient (Wildman–Crippen LogP) is 0.169. The number of nitrogens with two attached hydrogens (primary N) is 1. The number of carbonyl (C=O) groups is 2. The Balaban J connectivity index is 1.97. The lowest BCUT2D eigenvalue weighted by molar-refractivity contribution is -0.133. The molecule has 102 valence electrons. The maximum Gasteiger partial charge on any atom is 0.248 e. The van der Waals surface area contributed by atoms with Crippen LogP contribution in [0.25, 0.3) is 0 Å². The molecule has 0 aliphatic carbocycles. The quantitative estimate of drug-likeness (QED) is 0.811. The molecule has 1 fully saturated rings. The molecule has 1 aromatic rings. The molecule has 5 nitrogen and oxygen atoms in total. The second kappa shape index (κ2) is 5.84. The summed E-state index contributed by atoms with van der Waals surface area (Å²) in [5.74, 6) is -0.266. The minimum Gasteiger partial charge on any atom is -0.387 e. The molecule has 0 spiro atoms. The van der Waals surface area contributed by atoms with E-state index in [2.05, 4.69) is 0 Å². The number of aliphatic hydroxyl groups is 1. The smallest absolute Gasteiger partial charge is 0.248 e. The van der Waals surface area contributed by atoms with Crippen LogP contribution in [0, 0.1) is 5.92 Å². The number of aliphatic hydroxyl groups excluding tert-OH is 1. The molecule has 0 unspecified atom stereocenters. The maximum atomic E-state index is 11.4. The Labute approximate surface area is 112 Å². The molecule has 1 saturated heterocycles. The van der Waals surface area contributed by atoms with Gasteiger partial charge in [-0.3, -0.25) is 9.59 Å². The van der Waals surface area contributed by atoms with Crippen molar-refractivity contribution in [1.82, 2.24) is 4.90 Å². The zero-order valence-electron chi connectivity index (χ0n) is 10.7. The van der Waals surface area contributed by atoms with E-state index in [-0.39, 0.29) is 5.91 Å². The number of primary amides is 1. The normalized spacial score (nSPS) is 18.6. The topological polar surface area (TPSA) is 83.6 Å². The van der Waals surface area contributed by atoms with Crippen molar-refractivity contribution < 1.29 is 14.7 Å². The van der Waals surface area contributed by atoms with Crippen molar-refractivity contribution in [2.75, 3.05) is 19.7 Å². The van der Waals surface area contributed by atoms with Gasteiger partial charge in [0.1, 0.15) is 6.61 Å². The molecule has 0 radical (unpaired) electrons. The van der Waals surface area contributed by atoms with Gasteiger partial charge in [0.25, 0.3) is 0 Å². The van der Waals surface area contributed by atoms with Crippen molar-refractivity contribution in [2.24, 2.45) is 11.7 Å². The lowest BCUT2D eigenvalue weighted by Crippen LogP contribution is -2.31. The van der Waals surface area contributed by atoms with Gasteiger partial charge in [0.05, 0.1) is 0 Å². The molecule has 0 saturated carbocycles. The average molecular weight is 262 g/mol. The molecule has 1 aromatic carbocycles. The third kappa shape index (κ3) is 3.32. The fourth-order valence-electron chi connectivity index (χ4n) is 2.51. The predicted molar refractivity (Wildman–Crippen MR) is 70.4 cm³/mol. The highest BCUT2D eigenvalue weighted by Gasteiger charge is 2.25. The first-order chi connectivity index (χ1) is 9.10. The fraction of sp³-hybridized carbons (Fsp3) is 0.429. The Hall–Kier alpha value is -1.88. The van der Waals surface area contributed by atoms with E-state index in [1.807, 2.05) is 12.1 Å². The van der Waals surface area contributed by atoms with Crippen LogP contribution in [0.5, 0.6) is 0 Å². The van der Waals surface area contributed by atoms with Crippen molar-refractivity contribution in [3.05, 3.63) is 35.4 Å². The lowest BCUT2D eigenvalue weighted by Gasteiger charge is -2.15. The molecule has 19 heavy (non-hydrogen) atoms. The number of amides is 2. The third-order valence-electron chi connectivity index (χ3n) is 3.51. The summed E-state index contributed by atoms with van der Waals surface area (Å²) in [7, 11) is 0. The van der Waals surface area contributed by atoms with E-state index in [9.17, 15) is 9.59 Å². The molecule has 3 N–H and O–H groups in total. The van der Waals surface area contributed by atoms with Gasteiger partial charge in [-0.1, -0.05) is 12.1 Å². The van der Waals surface area contributed by atoms with Crippen LogP contribution in [-0.4, -0.2) is 41.5 Å². The molecule has 1 aliphatic rings. The van der Waals surface area contributed by atoms with Crippen molar-refractivity contribution in [2.45, 2.75) is 12.8 Å². The van der Waals surface area contributed by atoms with Crippen molar-refractivity contribution in [3.8, 4) is 0 Å². The van der Waals surface area contributed by atoms with Crippen LogP contribution in [0.15, 0.2) is 24.3 Å². The average Bonchev–Trinajstić information content (AvgIpc) is 2.86. The van der Waals surface area contributed by atoms with Gasteiger partial charge in [0.15, 0.2) is 0 Å². The van der Waals surface area contributed by atoms with Gasteiger partial charge in [-0.2, -0.15) is 0 Å². The monoisotopic (exact) mass is 262 g/mol. The Morgan fingerprint density at radius 2 is 2.21 bits per heavy atom. The molecule has 0 bridgehead atoms. The number of hydrogen-bond donors (Lipinski definition) is 2. The maximum absolute atomic E-state index is 11.4. The van der Waals surface area contributed by atoms with Crippen LogP contribution in [0.3, 0.4) is 0 Å². The highest BCUT2D eigenvalue weighted by molar-refractivity contribution is 5.92. The minimum atomic E-state index is -0.427. The summed E-state index contributed by atoms with van der Waals surface area (Å²) in [4.78, 5) is 24.2. The van der Waals surface area contributed by atoms with Gasteiger partial charge in [-0.15, -0.1) is 0 Å². The summed E-state index contributed by atoms with van der Waals surface area (Å²) in [6, 6.07) is 7.28. The van der Waals surface area contributed by atoms with Gasteiger partial charge >= 0.3 is 0 Å². The summed E-state index contributed by atoms with van der Waals surface area (Å²) in [6.07, 6.45) is 1.74. The van der Waals surface area contributed by atoms with Gasteiger partial charge in [0, 0.05) is 18.7 Å². The first kappa shape index (κ1) is 13.5. The second-order valence-electron chi connectivity index (χ2n) is 4.92. The van der Waals surface area contributed by atoms with Crippen LogP contribution >= 0.6 is 0 Å². The van der Waals surface area contributed by atoms with E-state index in [1.54, 1.807) is 17.0 Å². The van der Waals surface area contributed by atoms with Crippen LogP contribution in [0.4, 0.5) is 0 Å². The largest absolute Gasteiger partial charge is 0.387 e. The van der Waals surface area contributed by atoms with Gasteiger partial charge < -0.3 is 15.7 Å². The van der Waals surface area contributed by atoms with Crippen molar-refractivity contribution in [1.29, 1.82) is 0 Å². The van der Waals surface area contributed by atoms with Crippen LogP contribution in [0.1, 0.15) is 22.3 Å². The molecule has 2 rings (SSSR count). The minimum absolute atomic E-state index is 0.214. The molecule has 5 heteroatoms. The first-order valence-corrected chi connectivity index (χ1v) is 6.37. The lowest BCUT2D eigenvalue weighted by atomic mass is 9.97. The number of likely N-dealkylation sites (tertiary alicyclic amines) is 1. The Morgan fingerprint density at radius 3 is 2.89 bits per heavy atom. The molecular formula is C14H18N2O3. The van der Waals surface area contributed by atoms with Crippen LogP contribution in [0.2, 0.25) is 0 Å².